The van der Waals surface area contributed by atoms with Gasteiger partial charge in [-0.15, -0.1) is 5.10 Å². The molecule has 0 radical (unpaired) electrons. The van der Waals surface area contributed by atoms with Gasteiger partial charge in [0.05, 0.1) is 17.2 Å². The molecule has 22 heavy (non-hydrogen) atoms. The van der Waals surface area contributed by atoms with Gasteiger partial charge in [-0.25, -0.2) is 9.67 Å². The van der Waals surface area contributed by atoms with Gasteiger partial charge < -0.3 is 0 Å². The van der Waals surface area contributed by atoms with Gasteiger partial charge in [-0.2, -0.15) is 5.10 Å². The Bertz CT molecular complexity index is 814. The molecule has 2 N–H and O–H groups in total. The molecule has 0 atom stereocenters. The highest BCUT2D eigenvalue weighted by molar-refractivity contribution is 9.10. The van der Waals surface area contributed by atoms with Crippen LogP contribution in [-0.4, -0.2) is 30.9 Å². The predicted molar refractivity (Wildman–Crippen MR) is 84.8 cm³/mol. The van der Waals surface area contributed by atoms with Crippen LogP contribution in [0, 0.1) is 0 Å². The van der Waals surface area contributed by atoms with Crippen molar-refractivity contribution in [2.45, 2.75) is 6.54 Å². The van der Waals surface area contributed by atoms with Crippen LogP contribution in [0.25, 0.3) is 0 Å². The molecule has 2 heterocycles. The van der Waals surface area contributed by atoms with Gasteiger partial charge in [0.1, 0.15) is 12.0 Å². The molecule has 0 aliphatic rings. The number of hydrogen-bond acceptors (Lipinski definition) is 4. The summed E-state index contributed by atoms with van der Waals surface area (Å²) in [5, 5.41) is 13.8. The van der Waals surface area contributed by atoms with Crippen LogP contribution in [0.1, 0.15) is 16.1 Å². The molecule has 0 saturated heterocycles. The third-order valence-corrected chi connectivity index (χ3v) is 3.65. The summed E-state index contributed by atoms with van der Waals surface area (Å²) in [7, 11) is 0. The Kier molecular flexibility index (Phi) is 4.21. The zero-order chi connectivity index (χ0) is 15.5. The van der Waals surface area contributed by atoms with E-state index >= 15 is 0 Å². The minimum absolute atomic E-state index is 0.216. The topological polar surface area (TPSA) is 88.5 Å². The summed E-state index contributed by atoms with van der Waals surface area (Å²) >= 11 is 9.16. The molecule has 0 spiro atoms. The van der Waals surface area contributed by atoms with Crippen molar-refractivity contribution < 1.29 is 4.79 Å². The third kappa shape index (κ3) is 3.34. The van der Waals surface area contributed by atoms with Crippen molar-refractivity contribution >= 4 is 39.4 Å². The molecular weight excluding hydrogens is 372 g/mol. The molecule has 3 aromatic rings. The maximum atomic E-state index is 12.0. The van der Waals surface area contributed by atoms with Crippen LogP contribution >= 0.6 is 27.5 Å². The standard InChI is InChI=1S/C13H10BrClN6O/c14-10-5-17-19-11(10)12(22)18-13-16-7-21(20-13)6-8-2-1-3-9(15)4-8/h1-5,7H,6H2,(H,17,19)(H,18,20,22). The van der Waals surface area contributed by atoms with E-state index in [2.05, 4.69) is 41.5 Å². The van der Waals surface area contributed by atoms with Crippen molar-refractivity contribution in [3.05, 3.63) is 57.5 Å². The number of aromatic nitrogens is 5. The number of halogens is 2. The fourth-order valence-electron chi connectivity index (χ4n) is 1.85. The van der Waals surface area contributed by atoms with Gasteiger partial charge in [0, 0.05) is 5.02 Å². The highest BCUT2D eigenvalue weighted by Gasteiger charge is 2.14. The molecular formula is C13H10BrClN6O. The summed E-state index contributed by atoms with van der Waals surface area (Å²) in [5.41, 5.74) is 1.30. The SMILES string of the molecule is O=C(Nc1ncn(Cc2cccc(Cl)c2)n1)c1[nH]ncc1Br. The molecule has 0 aliphatic carbocycles. The summed E-state index contributed by atoms with van der Waals surface area (Å²) in [4.78, 5) is 16.0. The Labute approximate surface area is 138 Å². The summed E-state index contributed by atoms with van der Waals surface area (Å²) in [6, 6.07) is 7.46. The maximum absolute atomic E-state index is 12.0. The van der Waals surface area contributed by atoms with Gasteiger partial charge in [-0.1, -0.05) is 23.7 Å². The maximum Gasteiger partial charge on any atom is 0.277 e. The average molecular weight is 382 g/mol. The Morgan fingerprint density at radius 3 is 3.05 bits per heavy atom. The van der Waals surface area contributed by atoms with E-state index in [0.29, 0.717) is 21.7 Å². The number of benzene rings is 1. The lowest BCUT2D eigenvalue weighted by molar-refractivity contribution is 0.102. The van der Waals surface area contributed by atoms with Crippen LogP contribution in [0.3, 0.4) is 0 Å². The Balaban J connectivity index is 1.69. The summed E-state index contributed by atoms with van der Waals surface area (Å²) < 4.78 is 2.19. The second-order valence-corrected chi connectivity index (χ2v) is 5.73. The molecule has 3 rings (SSSR count). The van der Waals surface area contributed by atoms with Crippen molar-refractivity contribution in [3.8, 4) is 0 Å². The van der Waals surface area contributed by atoms with E-state index in [4.69, 9.17) is 11.6 Å². The first kappa shape index (κ1) is 14.7. The van der Waals surface area contributed by atoms with Gasteiger partial charge in [0.2, 0.25) is 5.95 Å². The van der Waals surface area contributed by atoms with Gasteiger partial charge in [-0.3, -0.25) is 15.2 Å². The minimum atomic E-state index is -0.370. The lowest BCUT2D eigenvalue weighted by Crippen LogP contribution is -2.14. The monoisotopic (exact) mass is 380 g/mol. The molecule has 0 unspecified atom stereocenters. The van der Waals surface area contributed by atoms with Crippen LogP contribution < -0.4 is 5.32 Å². The molecule has 0 aliphatic heterocycles. The third-order valence-electron chi connectivity index (χ3n) is 2.82. The molecule has 1 aromatic carbocycles. The second kappa shape index (κ2) is 6.29. The molecule has 0 bridgehead atoms. The zero-order valence-corrected chi connectivity index (χ0v) is 13.5. The van der Waals surface area contributed by atoms with Crippen molar-refractivity contribution in [2.75, 3.05) is 5.32 Å². The van der Waals surface area contributed by atoms with Crippen LogP contribution in [-0.2, 0) is 6.54 Å². The lowest BCUT2D eigenvalue weighted by atomic mass is 10.2. The van der Waals surface area contributed by atoms with Crippen molar-refractivity contribution in [3.63, 3.8) is 0 Å². The van der Waals surface area contributed by atoms with Crippen molar-refractivity contribution in [1.82, 2.24) is 25.0 Å². The van der Waals surface area contributed by atoms with E-state index in [1.165, 1.54) is 6.20 Å². The predicted octanol–water partition coefficient (Wildman–Crippen LogP) is 2.72. The average Bonchev–Trinajstić information content (AvgIpc) is 3.08. The Morgan fingerprint density at radius 1 is 1.45 bits per heavy atom. The first-order valence-electron chi connectivity index (χ1n) is 6.26. The van der Waals surface area contributed by atoms with E-state index < -0.39 is 0 Å². The van der Waals surface area contributed by atoms with E-state index in [1.807, 2.05) is 18.2 Å². The molecule has 112 valence electrons. The zero-order valence-electron chi connectivity index (χ0n) is 11.1. The van der Waals surface area contributed by atoms with E-state index in [1.54, 1.807) is 17.1 Å². The number of hydrogen-bond donors (Lipinski definition) is 2. The fourth-order valence-corrected chi connectivity index (χ4v) is 2.43. The van der Waals surface area contributed by atoms with Gasteiger partial charge in [0.15, 0.2) is 0 Å². The number of nitrogens with zero attached hydrogens (tertiary/aromatic N) is 4. The highest BCUT2D eigenvalue weighted by Crippen LogP contribution is 2.14. The first-order chi connectivity index (χ1) is 10.6. The number of carbonyl (C=O) groups is 1. The van der Waals surface area contributed by atoms with Gasteiger partial charge >= 0.3 is 0 Å². The molecule has 0 saturated carbocycles. The van der Waals surface area contributed by atoms with Crippen LogP contribution in [0.4, 0.5) is 5.95 Å². The Hall–Kier alpha value is -2.19. The number of aromatic amines is 1. The number of anilines is 1. The van der Waals surface area contributed by atoms with E-state index in [0.717, 1.165) is 5.56 Å². The van der Waals surface area contributed by atoms with E-state index in [9.17, 15) is 4.79 Å². The number of carbonyl (C=O) groups excluding carboxylic acids is 1. The first-order valence-corrected chi connectivity index (χ1v) is 7.43. The molecule has 0 fully saturated rings. The van der Waals surface area contributed by atoms with Gasteiger partial charge in [0.25, 0.3) is 5.91 Å². The normalized spacial score (nSPS) is 10.6. The summed E-state index contributed by atoms with van der Waals surface area (Å²) in [5.74, 6) is -0.154. The van der Waals surface area contributed by atoms with Gasteiger partial charge in [-0.05, 0) is 33.6 Å². The summed E-state index contributed by atoms with van der Waals surface area (Å²) in [6.07, 6.45) is 3.04. The molecule has 2 aromatic heterocycles. The van der Waals surface area contributed by atoms with Crippen LogP contribution in [0.15, 0.2) is 41.3 Å². The highest BCUT2D eigenvalue weighted by atomic mass is 79.9. The van der Waals surface area contributed by atoms with Crippen LogP contribution in [0.5, 0.6) is 0 Å². The number of amides is 1. The molecule has 7 nitrogen and oxygen atoms in total. The van der Waals surface area contributed by atoms with Crippen molar-refractivity contribution in [1.29, 1.82) is 0 Å². The smallest absolute Gasteiger partial charge is 0.277 e. The van der Waals surface area contributed by atoms with E-state index in [-0.39, 0.29) is 11.9 Å². The number of rotatable bonds is 4. The minimum Gasteiger partial charge on any atom is -0.288 e. The number of H-pyrrole nitrogens is 1. The van der Waals surface area contributed by atoms with Crippen molar-refractivity contribution in [2.24, 2.45) is 0 Å². The number of nitrogens with one attached hydrogen (secondary N) is 2. The molecule has 1 amide bonds. The summed E-state index contributed by atoms with van der Waals surface area (Å²) in [6.45, 7) is 0.511. The second-order valence-electron chi connectivity index (χ2n) is 4.44. The quantitative estimate of drug-likeness (QED) is 0.727. The fraction of sp³-hybridized carbons (Fsp3) is 0.0769. The molecule has 9 heteroatoms. The largest absolute Gasteiger partial charge is 0.288 e. The van der Waals surface area contributed by atoms with Crippen LogP contribution in [0.2, 0.25) is 5.02 Å². The lowest BCUT2D eigenvalue weighted by Gasteiger charge is -2.01. The Morgan fingerprint density at radius 2 is 2.32 bits per heavy atom.